The Hall–Kier alpha value is -4.17. The normalized spacial score (nSPS) is 17.7. The van der Waals surface area contributed by atoms with Gasteiger partial charge in [-0.15, -0.1) is 0 Å². The van der Waals surface area contributed by atoms with Crippen LogP contribution >= 0.6 is 0 Å². The van der Waals surface area contributed by atoms with E-state index in [4.69, 9.17) is 4.99 Å². The van der Waals surface area contributed by atoms with Crippen molar-refractivity contribution >= 4 is 16.5 Å². The minimum absolute atomic E-state index is 0.122. The first-order valence-corrected chi connectivity index (χ1v) is 12.3. The predicted octanol–water partition coefficient (Wildman–Crippen LogP) is 8.15. The highest BCUT2D eigenvalue weighted by molar-refractivity contribution is 6.16. The van der Waals surface area contributed by atoms with Crippen LogP contribution in [0.5, 0.6) is 0 Å². The zero-order valence-corrected chi connectivity index (χ0v) is 19.9. The monoisotopic (exact) mass is 452 g/mol. The Labute approximate surface area is 207 Å². The van der Waals surface area contributed by atoms with Crippen LogP contribution < -0.4 is 5.32 Å². The molecule has 0 fully saturated rings. The molecule has 2 heteroatoms. The Balaban J connectivity index is 1.38. The lowest BCUT2D eigenvalue weighted by Crippen LogP contribution is -2.28. The molecule has 0 amide bonds. The summed E-state index contributed by atoms with van der Waals surface area (Å²) in [4.78, 5) is 5.25. The van der Waals surface area contributed by atoms with E-state index in [0.717, 1.165) is 29.7 Å². The van der Waals surface area contributed by atoms with E-state index in [1.54, 1.807) is 0 Å². The molecule has 0 saturated carbocycles. The summed E-state index contributed by atoms with van der Waals surface area (Å²) in [6, 6.07) is 34.5. The van der Waals surface area contributed by atoms with E-state index in [-0.39, 0.29) is 6.17 Å². The van der Waals surface area contributed by atoms with Crippen LogP contribution in [-0.2, 0) is 0 Å². The fourth-order valence-electron chi connectivity index (χ4n) is 5.13. The Kier molecular flexibility index (Phi) is 5.64. The minimum atomic E-state index is -0.122. The van der Waals surface area contributed by atoms with E-state index in [0.29, 0.717) is 0 Å². The second-order valence-electron chi connectivity index (χ2n) is 9.18. The molecule has 0 spiro atoms. The van der Waals surface area contributed by atoms with Crippen LogP contribution in [0.1, 0.15) is 37.1 Å². The number of nitrogens with zero attached hydrogens (tertiary/aromatic N) is 1. The van der Waals surface area contributed by atoms with Gasteiger partial charge in [-0.1, -0.05) is 115 Å². The van der Waals surface area contributed by atoms with Crippen LogP contribution in [0.2, 0.25) is 0 Å². The molecule has 1 aliphatic heterocycles. The quantitative estimate of drug-likeness (QED) is 0.332. The Morgan fingerprint density at radius 2 is 1.51 bits per heavy atom. The number of aliphatic imine (C=N–C) groups is 1. The second kappa shape index (κ2) is 9.23. The summed E-state index contributed by atoms with van der Waals surface area (Å²) in [5, 5.41) is 6.23. The van der Waals surface area contributed by atoms with E-state index in [1.807, 2.05) is 0 Å². The van der Waals surface area contributed by atoms with E-state index in [2.05, 4.69) is 128 Å². The van der Waals surface area contributed by atoms with Gasteiger partial charge in [0.15, 0.2) is 0 Å². The molecule has 2 aliphatic rings. The molecule has 4 aromatic carbocycles. The minimum Gasteiger partial charge on any atom is -0.363 e. The van der Waals surface area contributed by atoms with Crippen molar-refractivity contribution in [3.63, 3.8) is 0 Å². The van der Waals surface area contributed by atoms with Gasteiger partial charge in [-0.05, 0) is 52.8 Å². The number of hydrogen-bond acceptors (Lipinski definition) is 2. The molecule has 0 saturated heterocycles. The molecule has 0 bridgehead atoms. The summed E-state index contributed by atoms with van der Waals surface area (Å²) in [6.07, 6.45) is 8.89. The zero-order valence-electron chi connectivity index (χ0n) is 19.9. The van der Waals surface area contributed by atoms with Crippen molar-refractivity contribution in [1.82, 2.24) is 5.32 Å². The third-order valence-corrected chi connectivity index (χ3v) is 6.88. The summed E-state index contributed by atoms with van der Waals surface area (Å²) in [5.74, 6) is 0. The molecule has 4 aromatic rings. The van der Waals surface area contributed by atoms with Crippen LogP contribution in [0, 0.1) is 0 Å². The molecule has 1 unspecified atom stereocenters. The first-order valence-electron chi connectivity index (χ1n) is 12.3. The molecule has 1 aliphatic carbocycles. The van der Waals surface area contributed by atoms with Gasteiger partial charge in [0, 0.05) is 16.8 Å². The molecule has 0 aromatic heterocycles. The van der Waals surface area contributed by atoms with Gasteiger partial charge in [0.05, 0.1) is 5.71 Å². The lowest BCUT2D eigenvalue weighted by Gasteiger charge is -2.28. The van der Waals surface area contributed by atoms with Crippen molar-refractivity contribution < 1.29 is 0 Å². The fourth-order valence-corrected chi connectivity index (χ4v) is 5.13. The van der Waals surface area contributed by atoms with E-state index in [9.17, 15) is 0 Å². The number of hydrogen-bond donors (Lipinski definition) is 1. The number of nitrogens with one attached hydrogen (secondary N) is 1. The summed E-state index contributed by atoms with van der Waals surface area (Å²) < 4.78 is 0. The molecule has 2 nitrogen and oxygen atoms in total. The van der Waals surface area contributed by atoms with Crippen molar-refractivity contribution in [2.24, 2.45) is 4.99 Å². The van der Waals surface area contributed by atoms with Gasteiger partial charge in [0.2, 0.25) is 0 Å². The molecule has 0 radical (unpaired) electrons. The van der Waals surface area contributed by atoms with E-state index in [1.165, 1.54) is 38.7 Å². The largest absolute Gasteiger partial charge is 0.363 e. The van der Waals surface area contributed by atoms with Crippen LogP contribution in [-0.4, -0.2) is 5.71 Å². The standard InChI is InChI=1S/C33H28N2/c1-23-31(26-12-4-2-5-13-26)32(27-14-6-3-7-15-27)35-33(34-23)28-21-19-25(20-22-28)30-18-10-16-24-11-8-9-17-29(24)30/h3-4,6-22,33-34H,2,5H2,1H3. The smallest absolute Gasteiger partial charge is 0.145 e. The van der Waals surface area contributed by atoms with Crippen LogP contribution in [0.4, 0.5) is 0 Å². The topological polar surface area (TPSA) is 24.4 Å². The zero-order chi connectivity index (χ0) is 23.6. The van der Waals surface area contributed by atoms with Crippen molar-refractivity contribution in [1.29, 1.82) is 0 Å². The molecule has 35 heavy (non-hydrogen) atoms. The fraction of sp³-hybridized carbons (Fsp3) is 0.121. The maximum Gasteiger partial charge on any atom is 0.145 e. The van der Waals surface area contributed by atoms with Gasteiger partial charge in [-0.25, -0.2) is 0 Å². The number of rotatable bonds is 4. The molecule has 170 valence electrons. The maximum absolute atomic E-state index is 5.25. The first-order chi connectivity index (χ1) is 17.3. The Morgan fingerprint density at radius 1 is 0.743 bits per heavy atom. The predicted molar refractivity (Wildman–Crippen MR) is 147 cm³/mol. The average molecular weight is 453 g/mol. The van der Waals surface area contributed by atoms with Gasteiger partial charge in [-0.3, -0.25) is 4.99 Å². The summed E-state index contributed by atoms with van der Waals surface area (Å²) in [7, 11) is 0. The molecule has 1 heterocycles. The van der Waals surface area contributed by atoms with Crippen molar-refractivity contribution in [2.45, 2.75) is 25.9 Å². The highest BCUT2D eigenvalue weighted by Crippen LogP contribution is 2.33. The number of benzene rings is 4. The van der Waals surface area contributed by atoms with Crippen LogP contribution in [0.3, 0.4) is 0 Å². The summed E-state index contributed by atoms with van der Waals surface area (Å²) in [5.41, 5.74) is 9.48. The van der Waals surface area contributed by atoms with Gasteiger partial charge in [0.25, 0.3) is 0 Å². The lowest BCUT2D eigenvalue weighted by atomic mass is 9.89. The number of fused-ring (bicyclic) bond motifs is 1. The summed E-state index contributed by atoms with van der Waals surface area (Å²) >= 11 is 0. The third-order valence-electron chi connectivity index (χ3n) is 6.88. The van der Waals surface area contributed by atoms with Crippen molar-refractivity contribution in [2.75, 3.05) is 0 Å². The molecular weight excluding hydrogens is 424 g/mol. The molecular formula is C33H28N2. The maximum atomic E-state index is 5.25. The van der Waals surface area contributed by atoms with Gasteiger partial charge < -0.3 is 5.32 Å². The van der Waals surface area contributed by atoms with Gasteiger partial charge >= 0.3 is 0 Å². The van der Waals surface area contributed by atoms with Crippen molar-refractivity contribution in [3.8, 4) is 11.1 Å². The highest BCUT2D eigenvalue weighted by Gasteiger charge is 2.25. The third kappa shape index (κ3) is 4.13. The van der Waals surface area contributed by atoms with E-state index >= 15 is 0 Å². The lowest BCUT2D eigenvalue weighted by molar-refractivity contribution is 0.615. The van der Waals surface area contributed by atoms with Gasteiger partial charge in [-0.2, -0.15) is 0 Å². The van der Waals surface area contributed by atoms with E-state index < -0.39 is 0 Å². The number of allylic oxidation sites excluding steroid dienone is 6. The molecule has 6 rings (SSSR count). The van der Waals surface area contributed by atoms with Crippen LogP contribution in [0.25, 0.3) is 21.9 Å². The highest BCUT2D eigenvalue weighted by atomic mass is 15.1. The van der Waals surface area contributed by atoms with Gasteiger partial charge in [0.1, 0.15) is 6.17 Å². The van der Waals surface area contributed by atoms with Crippen molar-refractivity contribution in [3.05, 3.63) is 143 Å². The Morgan fingerprint density at radius 3 is 2.31 bits per heavy atom. The van der Waals surface area contributed by atoms with Crippen LogP contribution in [0.15, 0.2) is 137 Å². The molecule has 1 N–H and O–H groups in total. The first kappa shape index (κ1) is 21.4. The average Bonchev–Trinajstić information content (AvgIpc) is 2.93. The summed E-state index contributed by atoms with van der Waals surface area (Å²) in [6.45, 7) is 2.17. The SMILES string of the molecule is CC1=C(C2=CCCC=C2)C(c2ccccc2)=NC(c2ccc(-c3cccc4ccccc34)cc2)N1. The Bertz CT molecular complexity index is 1500. The second-order valence-corrected chi connectivity index (χ2v) is 9.18. The molecule has 1 atom stereocenters.